The lowest BCUT2D eigenvalue weighted by molar-refractivity contribution is -0.121. The van der Waals surface area contributed by atoms with Crippen LogP contribution in [0.3, 0.4) is 0 Å². The van der Waals surface area contributed by atoms with Crippen molar-refractivity contribution in [3.63, 3.8) is 0 Å². The Morgan fingerprint density at radius 1 is 1.08 bits per heavy atom. The minimum Gasteiger partial charge on any atom is -0.497 e. The van der Waals surface area contributed by atoms with E-state index in [1.807, 2.05) is 12.1 Å². The molecule has 1 aliphatic carbocycles. The van der Waals surface area contributed by atoms with Crippen molar-refractivity contribution in [3.05, 3.63) is 101 Å². The van der Waals surface area contributed by atoms with E-state index in [9.17, 15) is 4.79 Å². The van der Waals surface area contributed by atoms with Crippen LogP contribution in [-0.4, -0.2) is 23.6 Å². The maximum atomic E-state index is 14.3. The number of carbonyl (C=O) groups is 1. The molecule has 1 atom stereocenters. The fourth-order valence-electron chi connectivity index (χ4n) is 5.88. The predicted molar refractivity (Wildman–Crippen MR) is 150 cm³/mol. The Morgan fingerprint density at radius 3 is 2.62 bits per heavy atom. The van der Waals surface area contributed by atoms with Gasteiger partial charge in [0.25, 0.3) is 5.91 Å². The van der Waals surface area contributed by atoms with E-state index >= 15 is 0 Å². The molecule has 5 heteroatoms. The number of fused-ring (bicyclic) bond motifs is 2. The van der Waals surface area contributed by atoms with Crippen LogP contribution in [0, 0.1) is 13.8 Å². The number of amides is 1. The Balaban J connectivity index is 1.65. The van der Waals surface area contributed by atoms with Crippen molar-refractivity contribution in [3.8, 4) is 5.75 Å². The first-order valence-corrected chi connectivity index (χ1v) is 13.0. The minimum atomic E-state index is -0.996. The van der Waals surface area contributed by atoms with Gasteiger partial charge in [0.05, 0.1) is 24.0 Å². The number of anilines is 1. The number of nitrogens with zero attached hydrogens (tertiary/aromatic N) is 1. The summed E-state index contributed by atoms with van der Waals surface area (Å²) in [5, 5.41) is 7.93. The number of benzene rings is 3. The Morgan fingerprint density at radius 2 is 1.89 bits per heavy atom. The third-order valence-corrected chi connectivity index (χ3v) is 7.97. The van der Waals surface area contributed by atoms with Crippen molar-refractivity contribution in [1.29, 1.82) is 0 Å². The van der Waals surface area contributed by atoms with Gasteiger partial charge in [-0.25, -0.2) is 0 Å². The summed E-state index contributed by atoms with van der Waals surface area (Å²) in [6.45, 7) is 8.61. The lowest BCUT2D eigenvalue weighted by atomic mass is 9.83. The van der Waals surface area contributed by atoms with Crippen molar-refractivity contribution in [2.45, 2.75) is 51.1 Å². The second-order valence-electron chi connectivity index (χ2n) is 10.6. The number of ether oxygens (including phenoxy) is 1. The highest BCUT2D eigenvalue weighted by atomic mass is 16.5. The van der Waals surface area contributed by atoms with Gasteiger partial charge in [0, 0.05) is 35.2 Å². The van der Waals surface area contributed by atoms with Gasteiger partial charge >= 0.3 is 0 Å². The quantitative estimate of drug-likeness (QED) is 0.318. The molecule has 1 unspecified atom stereocenters. The molecular formula is C32H33N3O2. The van der Waals surface area contributed by atoms with E-state index < -0.39 is 5.54 Å². The average Bonchev–Trinajstić information content (AvgIpc) is 3.36. The third-order valence-electron chi connectivity index (χ3n) is 7.97. The van der Waals surface area contributed by atoms with Crippen molar-refractivity contribution in [2.75, 3.05) is 12.4 Å². The van der Waals surface area contributed by atoms with E-state index in [1.54, 1.807) is 7.11 Å². The molecule has 3 aromatic carbocycles. The van der Waals surface area contributed by atoms with Crippen LogP contribution in [-0.2, 0) is 16.8 Å². The standard InChI is InChI=1S/C32H33N3O2/c1-20-7-5-8-23(15-20)19-32(27-14-11-21(2)16-28(27)34-31(32)36)35-29(22(3)33-25-9-6-10-25)17-24-12-13-26(37-4)18-30(24)35/h5,7-8,11-18,25,33H,3,6,9-10,19H2,1-2,4H3,(H,34,36). The molecule has 2 aliphatic rings. The van der Waals surface area contributed by atoms with Crippen molar-refractivity contribution < 1.29 is 9.53 Å². The fraction of sp³-hybridized carbons (Fsp3) is 0.281. The summed E-state index contributed by atoms with van der Waals surface area (Å²) in [7, 11) is 1.68. The number of aromatic nitrogens is 1. The van der Waals surface area contributed by atoms with Gasteiger partial charge in [0.1, 0.15) is 5.75 Å². The first-order valence-electron chi connectivity index (χ1n) is 13.0. The molecule has 0 spiro atoms. The summed E-state index contributed by atoms with van der Waals surface area (Å²) in [6.07, 6.45) is 4.03. The van der Waals surface area contributed by atoms with Crippen LogP contribution in [0.25, 0.3) is 16.6 Å². The molecule has 188 valence electrons. The summed E-state index contributed by atoms with van der Waals surface area (Å²) in [5.74, 6) is 0.719. The van der Waals surface area contributed by atoms with Crippen LogP contribution in [0.5, 0.6) is 5.75 Å². The van der Waals surface area contributed by atoms with Crippen LogP contribution in [0.1, 0.15) is 47.2 Å². The summed E-state index contributed by atoms with van der Waals surface area (Å²) < 4.78 is 7.83. The molecule has 1 aromatic heterocycles. The molecule has 1 aliphatic heterocycles. The molecule has 37 heavy (non-hydrogen) atoms. The predicted octanol–water partition coefficient (Wildman–Crippen LogP) is 6.32. The zero-order valence-corrected chi connectivity index (χ0v) is 21.7. The molecule has 4 aromatic rings. The smallest absolute Gasteiger partial charge is 0.255 e. The second kappa shape index (κ2) is 8.84. The highest BCUT2D eigenvalue weighted by Crippen LogP contribution is 2.46. The van der Waals surface area contributed by atoms with Crippen molar-refractivity contribution >= 4 is 28.2 Å². The highest BCUT2D eigenvalue weighted by molar-refractivity contribution is 6.08. The topological polar surface area (TPSA) is 55.3 Å². The number of nitrogens with one attached hydrogen (secondary N) is 2. The molecule has 2 N–H and O–H groups in total. The van der Waals surface area contributed by atoms with Crippen molar-refractivity contribution in [2.24, 2.45) is 0 Å². The van der Waals surface area contributed by atoms with Crippen LogP contribution in [0.15, 0.2) is 73.3 Å². The number of carbonyl (C=O) groups excluding carboxylic acids is 1. The summed E-state index contributed by atoms with van der Waals surface area (Å²) in [6, 6.07) is 23.4. The van der Waals surface area contributed by atoms with Crippen molar-refractivity contribution in [1.82, 2.24) is 9.88 Å². The minimum absolute atomic E-state index is 0.0346. The molecule has 6 rings (SSSR count). The molecule has 1 fully saturated rings. The molecule has 2 heterocycles. The molecule has 1 saturated carbocycles. The maximum absolute atomic E-state index is 14.3. The summed E-state index contributed by atoms with van der Waals surface area (Å²) in [4.78, 5) is 14.3. The number of rotatable bonds is 7. The van der Waals surface area contributed by atoms with E-state index in [2.05, 4.69) is 90.2 Å². The highest BCUT2D eigenvalue weighted by Gasteiger charge is 2.50. The van der Waals surface area contributed by atoms with Crippen LogP contribution < -0.4 is 15.4 Å². The lowest BCUT2D eigenvalue weighted by Crippen LogP contribution is -2.45. The van der Waals surface area contributed by atoms with E-state index in [1.165, 1.54) is 12.0 Å². The molecule has 0 radical (unpaired) electrons. The lowest BCUT2D eigenvalue weighted by Gasteiger charge is -2.35. The van der Waals surface area contributed by atoms with Crippen LogP contribution in [0.4, 0.5) is 5.69 Å². The summed E-state index contributed by atoms with van der Waals surface area (Å²) >= 11 is 0. The SMILES string of the molecule is C=C(NC1CCC1)c1cc2ccc(OC)cc2n1C1(Cc2cccc(C)c2)C(=O)Nc2cc(C)ccc21. The van der Waals surface area contributed by atoms with Gasteiger partial charge in [0.15, 0.2) is 5.54 Å². The Bertz CT molecular complexity index is 1550. The fourth-order valence-corrected chi connectivity index (χ4v) is 5.88. The van der Waals surface area contributed by atoms with Gasteiger partial charge in [-0.05, 0) is 68.5 Å². The second-order valence-corrected chi connectivity index (χ2v) is 10.6. The molecule has 0 saturated heterocycles. The molecular weight excluding hydrogens is 458 g/mol. The first-order chi connectivity index (χ1) is 17.9. The number of hydrogen-bond donors (Lipinski definition) is 2. The number of aryl methyl sites for hydroxylation is 2. The zero-order chi connectivity index (χ0) is 25.7. The van der Waals surface area contributed by atoms with Crippen LogP contribution >= 0.6 is 0 Å². The van der Waals surface area contributed by atoms with Gasteiger partial charge in [0.2, 0.25) is 0 Å². The van der Waals surface area contributed by atoms with E-state index in [-0.39, 0.29) is 5.91 Å². The van der Waals surface area contributed by atoms with E-state index in [0.717, 1.165) is 63.3 Å². The monoisotopic (exact) mass is 491 g/mol. The molecule has 5 nitrogen and oxygen atoms in total. The summed E-state index contributed by atoms with van der Waals surface area (Å²) in [5.41, 5.74) is 6.95. The molecule has 0 bridgehead atoms. The largest absolute Gasteiger partial charge is 0.497 e. The normalized spacial score (nSPS) is 18.8. The average molecular weight is 492 g/mol. The first kappa shape index (κ1) is 23.4. The van der Waals surface area contributed by atoms with Gasteiger partial charge in [-0.2, -0.15) is 0 Å². The Kier molecular flexibility index (Phi) is 5.59. The molecule has 1 amide bonds. The van der Waals surface area contributed by atoms with Gasteiger partial charge in [-0.1, -0.05) is 48.5 Å². The zero-order valence-electron chi connectivity index (χ0n) is 21.7. The number of hydrogen-bond acceptors (Lipinski definition) is 3. The van der Waals surface area contributed by atoms with Gasteiger partial charge < -0.3 is 19.9 Å². The number of methoxy groups -OCH3 is 1. The van der Waals surface area contributed by atoms with Gasteiger partial charge in [-0.3, -0.25) is 4.79 Å². The van der Waals surface area contributed by atoms with Gasteiger partial charge in [-0.15, -0.1) is 0 Å². The van der Waals surface area contributed by atoms with Crippen LogP contribution in [0.2, 0.25) is 0 Å². The van der Waals surface area contributed by atoms with E-state index in [4.69, 9.17) is 4.74 Å². The Labute approximate surface area is 218 Å². The van der Waals surface area contributed by atoms with E-state index in [0.29, 0.717) is 12.5 Å². The maximum Gasteiger partial charge on any atom is 0.255 e. The third kappa shape index (κ3) is 3.81. The Hall–Kier alpha value is -3.99.